The van der Waals surface area contributed by atoms with Crippen LogP contribution in [0.3, 0.4) is 0 Å². The van der Waals surface area contributed by atoms with Gasteiger partial charge in [-0.05, 0) is 12.1 Å². The Balaban J connectivity index is 2.40. The first kappa shape index (κ1) is 10.7. The first-order valence-electron chi connectivity index (χ1n) is 4.48. The largest absolute Gasteiger partial charge is 0.432 e. The summed E-state index contributed by atoms with van der Waals surface area (Å²) >= 11 is 0. The highest BCUT2D eigenvalue weighted by Gasteiger charge is 2.08. The Morgan fingerprint density at radius 1 is 1.25 bits per heavy atom. The fraction of sp³-hybridized carbons (Fsp3) is 0.100. The Morgan fingerprint density at radius 2 is 1.88 bits per heavy atom. The lowest BCUT2D eigenvalue weighted by molar-refractivity contribution is 0.581. The molecule has 2 N–H and O–H groups in total. The van der Waals surface area contributed by atoms with Gasteiger partial charge in [0.1, 0.15) is 12.0 Å². The zero-order chi connectivity index (χ0) is 11.8. The number of hydrogen-bond donors (Lipinski definition) is 1. The molecule has 1 aromatic carbocycles. The Hall–Kier alpha value is -1.82. The van der Waals surface area contributed by atoms with Gasteiger partial charge in [-0.25, -0.2) is 8.42 Å². The van der Waals surface area contributed by atoms with Crippen molar-refractivity contribution in [1.29, 1.82) is 0 Å². The molecule has 0 unspecified atom stereocenters. The van der Waals surface area contributed by atoms with Gasteiger partial charge in [0, 0.05) is 11.8 Å². The van der Waals surface area contributed by atoms with Crippen LogP contribution in [0.15, 0.2) is 39.8 Å². The summed E-state index contributed by atoms with van der Waals surface area (Å²) in [5, 5.41) is 0. The Morgan fingerprint density at radius 3 is 2.31 bits per heavy atom. The molecule has 1 aromatic heterocycles. The summed E-state index contributed by atoms with van der Waals surface area (Å²) in [6, 6.07) is 6.45. The normalized spacial score (nSPS) is 11.6. The van der Waals surface area contributed by atoms with Gasteiger partial charge in [-0.1, -0.05) is 12.1 Å². The third-order valence-electron chi connectivity index (χ3n) is 2.10. The monoisotopic (exact) mass is 238 g/mol. The second-order valence-corrected chi connectivity index (χ2v) is 5.38. The van der Waals surface area contributed by atoms with Gasteiger partial charge in [-0.15, -0.1) is 0 Å². The predicted molar refractivity (Wildman–Crippen MR) is 59.5 cm³/mol. The maximum atomic E-state index is 11.2. The quantitative estimate of drug-likeness (QED) is 0.852. The van der Waals surface area contributed by atoms with Crippen molar-refractivity contribution in [2.75, 3.05) is 12.0 Å². The molecule has 0 saturated carbocycles. The molecule has 16 heavy (non-hydrogen) atoms. The smallest absolute Gasteiger partial charge is 0.292 e. The van der Waals surface area contributed by atoms with Gasteiger partial charge in [0.25, 0.3) is 6.01 Å². The highest BCUT2D eigenvalue weighted by atomic mass is 32.2. The lowest BCUT2D eigenvalue weighted by Gasteiger charge is -1.99. The lowest BCUT2D eigenvalue weighted by Crippen LogP contribution is -1.96. The number of rotatable bonds is 2. The first-order chi connectivity index (χ1) is 7.47. The molecule has 0 amide bonds. The summed E-state index contributed by atoms with van der Waals surface area (Å²) in [5.74, 6) is 0. The molecule has 1 heterocycles. The van der Waals surface area contributed by atoms with Crippen molar-refractivity contribution in [3.63, 3.8) is 0 Å². The van der Waals surface area contributed by atoms with E-state index in [9.17, 15) is 8.42 Å². The van der Waals surface area contributed by atoms with Gasteiger partial charge in [-0.3, -0.25) is 0 Å². The molecule has 0 atom stereocenters. The van der Waals surface area contributed by atoms with Gasteiger partial charge in [-0.2, -0.15) is 4.98 Å². The average Bonchev–Trinajstić information content (AvgIpc) is 2.64. The molecule has 0 spiro atoms. The molecular formula is C10H10N2O3S. The third kappa shape index (κ3) is 2.06. The van der Waals surface area contributed by atoms with Crippen molar-refractivity contribution in [2.24, 2.45) is 0 Å². The Bertz CT molecular complexity index is 599. The maximum Gasteiger partial charge on any atom is 0.292 e. The van der Waals surface area contributed by atoms with Crippen LogP contribution < -0.4 is 5.73 Å². The van der Waals surface area contributed by atoms with E-state index in [1.807, 2.05) is 0 Å². The van der Waals surface area contributed by atoms with Crippen molar-refractivity contribution in [2.45, 2.75) is 4.90 Å². The molecule has 2 rings (SSSR count). The van der Waals surface area contributed by atoms with Crippen molar-refractivity contribution in [3.05, 3.63) is 30.5 Å². The van der Waals surface area contributed by atoms with Gasteiger partial charge in [0.15, 0.2) is 9.84 Å². The van der Waals surface area contributed by atoms with E-state index in [2.05, 4.69) is 4.98 Å². The number of hydrogen-bond acceptors (Lipinski definition) is 5. The average molecular weight is 238 g/mol. The second kappa shape index (κ2) is 3.64. The minimum absolute atomic E-state index is 0.0854. The van der Waals surface area contributed by atoms with Crippen LogP contribution in [0, 0.1) is 0 Å². The number of nitrogens with two attached hydrogens (primary N) is 1. The molecule has 2 aromatic rings. The topological polar surface area (TPSA) is 86.2 Å². The van der Waals surface area contributed by atoms with E-state index in [-0.39, 0.29) is 10.9 Å². The number of nitrogens with zero attached hydrogens (tertiary/aromatic N) is 1. The number of sulfone groups is 1. The molecule has 5 nitrogen and oxygen atoms in total. The second-order valence-electron chi connectivity index (χ2n) is 3.37. The van der Waals surface area contributed by atoms with E-state index in [1.54, 1.807) is 12.1 Å². The van der Waals surface area contributed by atoms with Gasteiger partial charge in [0.05, 0.1) is 4.90 Å². The van der Waals surface area contributed by atoms with E-state index < -0.39 is 9.84 Å². The van der Waals surface area contributed by atoms with Crippen LogP contribution in [0.5, 0.6) is 0 Å². The van der Waals surface area contributed by atoms with Crippen LogP contribution in [0.1, 0.15) is 0 Å². The molecule has 0 fully saturated rings. The minimum Gasteiger partial charge on any atom is -0.432 e. The highest BCUT2D eigenvalue weighted by molar-refractivity contribution is 7.90. The van der Waals surface area contributed by atoms with Crippen molar-refractivity contribution >= 4 is 15.9 Å². The summed E-state index contributed by atoms with van der Waals surface area (Å²) in [5.41, 5.74) is 6.68. The molecule has 0 aliphatic carbocycles. The summed E-state index contributed by atoms with van der Waals surface area (Å²) in [6.07, 6.45) is 2.58. The molecule has 6 heteroatoms. The van der Waals surface area contributed by atoms with Crippen LogP contribution in [-0.4, -0.2) is 19.7 Å². The van der Waals surface area contributed by atoms with E-state index >= 15 is 0 Å². The number of benzene rings is 1. The number of anilines is 1. The number of oxazole rings is 1. The van der Waals surface area contributed by atoms with Gasteiger partial charge < -0.3 is 10.2 Å². The van der Waals surface area contributed by atoms with E-state index in [1.165, 1.54) is 18.4 Å². The van der Waals surface area contributed by atoms with E-state index in [0.29, 0.717) is 5.69 Å². The van der Waals surface area contributed by atoms with Gasteiger partial charge in [0.2, 0.25) is 0 Å². The molecule has 0 aliphatic rings. The zero-order valence-electron chi connectivity index (χ0n) is 8.54. The van der Waals surface area contributed by atoms with E-state index in [0.717, 1.165) is 11.8 Å². The molecular weight excluding hydrogens is 228 g/mol. The Labute approximate surface area is 92.8 Å². The van der Waals surface area contributed by atoms with Crippen LogP contribution in [0.4, 0.5) is 6.01 Å². The molecule has 0 radical (unpaired) electrons. The summed E-state index contributed by atoms with van der Waals surface area (Å²) < 4.78 is 27.3. The lowest BCUT2D eigenvalue weighted by atomic mass is 10.2. The van der Waals surface area contributed by atoms with Crippen molar-refractivity contribution in [3.8, 4) is 11.3 Å². The fourth-order valence-corrected chi connectivity index (χ4v) is 1.92. The third-order valence-corrected chi connectivity index (χ3v) is 3.23. The number of nitrogen functional groups attached to an aromatic ring is 1. The van der Waals surface area contributed by atoms with Crippen LogP contribution in [0.2, 0.25) is 0 Å². The highest BCUT2D eigenvalue weighted by Crippen LogP contribution is 2.21. The maximum absolute atomic E-state index is 11.2. The number of aromatic nitrogens is 1. The van der Waals surface area contributed by atoms with Crippen molar-refractivity contribution in [1.82, 2.24) is 4.98 Å². The summed E-state index contributed by atoms with van der Waals surface area (Å²) in [7, 11) is -3.17. The molecule has 0 saturated heterocycles. The molecule has 84 valence electrons. The van der Waals surface area contributed by atoms with Crippen molar-refractivity contribution < 1.29 is 12.8 Å². The summed E-state index contributed by atoms with van der Waals surface area (Å²) in [6.45, 7) is 0. The summed E-state index contributed by atoms with van der Waals surface area (Å²) in [4.78, 5) is 4.21. The van der Waals surface area contributed by atoms with Crippen LogP contribution in [-0.2, 0) is 9.84 Å². The van der Waals surface area contributed by atoms with Crippen LogP contribution in [0.25, 0.3) is 11.3 Å². The molecule has 0 bridgehead atoms. The Kier molecular flexibility index (Phi) is 2.43. The standard InChI is InChI=1S/C10H10N2O3S/c1-16(13,14)8-4-2-7(3-5-8)9-6-15-10(11)12-9/h2-6H,1H3,(H2,11,12). The predicted octanol–water partition coefficient (Wildman–Crippen LogP) is 1.33. The zero-order valence-corrected chi connectivity index (χ0v) is 9.36. The molecule has 0 aliphatic heterocycles. The minimum atomic E-state index is -3.17. The fourth-order valence-electron chi connectivity index (χ4n) is 1.29. The van der Waals surface area contributed by atoms with Crippen LogP contribution >= 0.6 is 0 Å². The SMILES string of the molecule is CS(=O)(=O)c1ccc(-c2coc(N)n2)cc1. The van der Waals surface area contributed by atoms with E-state index in [4.69, 9.17) is 10.2 Å². The van der Waals surface area contributed by atoms with Gasteiger partial charge >= 0.3 is 0 Å². The first-order valence-corrected chi connectivity index (χ1v) is 6.37.